The molecule has 6 nitrogen and oxygen atoms in total. The van der Waals surface area contributed by atoms with E-state index in [9.17, 15) is 0 Å². The number of hydrogen-bond donors (Lipinski definition) is 2. The van der Waals surface area contributed by atoms with E-state index in [1.165, 1.54) is 0 Å². The highest BCUT2D eigenvalue weighted by Gasteiger charge is 2.26. The van der Waals surface area contributed by atoms with Gasteiger partial charge in [-0.1, -0.05) is 0 Å². The first-order valence-electron chi connectivity index (χ1n) is 6.71. The number of ether oxygens (including phenoxy) is 2. The lowest BCUT2D eigenvalue weighted by molar-refractivity contribution is -0.747. The van der Waals surface area contributed by atoms with E-state index in [2.05, 4.69) is 5.32 Å². The number of methoxy groups -OCH3 is 2. The van der Waals surface area contributed by atoms with Crippen LogP contribution in [-0.4, -0.2) is 32.7 Å². The number of aromatic nitrogens is 1. The number of pyridine rings is 1. The number of rotatable bonds is 9. The molecule has 0 spiro atoms. The molecule has 3 N–H and O–H groups in total. The zero-order valence-corrected chi connectivity index (χ0v) is 14.3. The van der Waals surface area contributed by atoms with Crippen molar-refractivity contribution in [3.05, 3.63) is 18.3 Å². The van der Waals surface area contributed by atoms with Gasteiger partial charge in [-0.3, -0.25) is 5.73 Å². The van der Waals surface area contributed by atoms with Crippen LogP contribution < -0.4 is 28.0 Å². The molecule has 22 heavy (non-hydrogen) atoms. The Morgan fingerprint density at radius 1 is 1.50 bits per heavy atom. The second-order valence-electron chi connectivity index (χ2n) is 4.53. The van der Waals surface area contributed by atoms with Crippen molar-refractivity contribution in [2.75, 3.05) is 38.4 Å². The maximum absolute atomic E-state index is 8.73. The third-order valence-electron chi connectivity index (χ3n) is 2.98. The van der Waals surface area contributed by atoms with Crippen molar-refractivity contribution in [1.29, 1.82) is 5.26 Å². The fourth-order valence-electron chi connectivity index (χ4n) is 1.94. The molecule has 0 saturated heterocycles. The van der Waals surface area contributed by atoms with Gasteiger partial charge in [-0.15, -0.1) is 11.6 Å². The van der Waals surface area contributed by atoms with Crippen LogP contribution in [-0.2, 0) is 9.47 Å². The Balaban J connectivity index is 0.00000441. The normalized spacial score (nSPS) is 12.8. The number of hydrogen-bond acceptors (Lipinski definition) is 5. The molecule has 0 fully saturated rings. The molecular formula is C14H22Cl2N4O2. The Morgan fingerprint density at radius 3 is 2.77 bits per heavy atom. The second kappa shape index (κ2) is 11.3. The fraction of sp³-hybridized carbons (Fsp3) is 0.571. The first-order valence-corrected chi connectivity index (χ1v) is 7.15. The minimum atomic E-state index is -0.478. The lowest BCUT2D eigenvalue weighted by atomic mass is 10.2. The molecule has 0 aliphatic heterocycles. The lowest BCUT2D eigenvalue weighted by Crippen LogP contribution is -3.00. The molecule has 1 aromatic rings. The number of nitrogens with one attached hydrogen (secondary N) is 1. The molecule has 2 atom stereocenters. The lowest BCUT2D eigenvalue weighted by Gasteiger charge is -2.19. The molecule has 0 aliphatic carbocycles. The predicted octanol–water partition coefficient (Wildman–Crippen LogP) is -1.33. The first kappa shape index (κ1) is 20.7. The molecule has 8 heteroatoms. The standard InChI is InChI=1S/C14H21ClN4O2.ClH/c1-20-9-3-7-18-11-5-8-19(13(17)10-11)14(21-2)12(15)4-6-16;/h5,8,10,12,14H,3-4,7,9H2,1-2H3,(H2,17,18);1H. The summed E-state index contributed by atoms with van der Waals surface area (Å²) in [6, 6.07) is 5.74. The van der Waals surface area contributed by atoms with Crippen LogP contribution in [0.15, 0.2) is 18.3 Å². The molecule has 0 radical (unpaired) electrons. The third-order valence-corrected chi connectivity index (χ3v) is 3.35. The summed E-state index contributed by atoms with van der Waals surface area (Å²) in [5.74, 6) is 0.516. The Bertz CT molecular complexity index is 482. The van der Waals surface area contributed by atoms with Gasteiger partial charge < -0.3 is 27.2 Å². The quantitative estimate of drug-likeness (QED) is 0.328. The van der Waals surface area contributed by atoms with Crippen LogP contribution in [0, 0.1) is 11.3 Å². The topological polar surface area (TPSA) is 84.2 Å². The van der Waals surface area contributed by atoms with E-state index in [1.807, 2.05) is 18.2 Å². The smallest absolute Gasteiger partial charge is 0.276 e. The van der Waals surface area contributed by atoms with Gasteiger partial charge in [-0.25, -0.2) is 4.57 Å². The minimum Gasteiger partial charge on any atom is -1.00 e. The van der Waals surface area contributed by atoms with Crippen LogP contribution >= 0.6 is 11.6 Å². The van der Waals surface area contributed by atoms with E-state index < -0.39 is 11.6 Å². The van der Waals surface area contributed by atoms with Crippen LogP contribution in [0.2, 0.25) is 0 Å². The van der Waals surface area contributed by atoms with E-state index in [0.717, 1.165) is 18.7 Å². The van der Waals surface area contributed by atoms with Gasteiger partial charge in [0.15, 0.2) is 0 Å². The molecule has 0 saturated carbocycles. The summed E-state index contributed by atoms with van der Waals surface area (Å²) in [4.78, 5) is 0. The van der Waals surface area contributed by atoms with Crippen molar-refractivity contribution < 1.29 is 26.4 Å². The Hall–Kier alpha value is -1.26. The third kappa shape index (κ3) is 6.24. The zero-order valence-electron chi connectivity index (χ0n) is 12.8. The van der Waals surface area contributed by atoms with E-state index in [-0.39, 0.29) is 18.8 Å². The molecule has 0 aliphatic rings. The van der Waals surface area contributed by atoms with Crippen LogP contribution in [0.4, 0.5) is 11.5 Å². The highest BCUT2D eigenvalue weighted by molar-refractivity contribution is 6.20. The summed E-state index contributed by atoms with van der Waals surface area (Å²) in [6.07, 6.45) is 2.42. The highest BCUT2D eigenvalue weighted by Crippen LogP contribution is 2.18. The minimum absolute atomic E-state index is 0. The molecule has 1 rings (SSSR count). The van der Waals surface area contributed by atoms with Gasteiger partial charge >= 0.3 is 0 Å². The van der Waals surface area contributed by atoms with Crippen molar-refractivity contribution in [3.8, 4) is 6.07 Å². The summed E-state index contributed by atoms with van der Waals surface area (Å²) in [6.45, 7) is 1.51. The van der Waals surface area contributed by atoms with Gasteiger partial charge in [0, 0.05) is 39.1 Å². The number of nitrogens with two attached hydrogens (primary N) is 1. The van der Waals surface area contributed by atoms with E-state index in [4.69, 9.17) is 32.1 Å². The summed E-state index contributed by atoms with van der Waals surface area (Å²) >= 11 is 6.16. The largest absolute Gasteiger partial charge is 1.00 e. The van der Waals surface area contributed by atoms with Crippen molar-refractivity contribution in [2.24, 2.45) is 0 Å². The Labute approximate surface area is 142 Å². The Morgan fingerprint density at radius 2 is 2.23 bits per heavy atom. The second-order valence-corrected chi connectivity index (χ2v) is 5.09. The number of alkyl halides is 1. The van der Waals surface area contributed by atoms with Crippen molar-refractivity contribution >= 4 is 23.1 Å². The number of halogens is 2. The summed E-state index contributed by atoms with van der Waals surface area (Å²) < 4.78 is 12.1. The van der Waals surface area contributed by atoms with Crippen molar-refractivity contribution in [1.82, 2.24) is 0 Å². The SMILES string of the molecule is COCCCNc1cc[n+](C(OC)C(Cl)CC#N)c(N)c1.[Cl-]. The summed E-state index contributed by atoms with van der Waals surface area (Å²) in [5.41, 5.74) is 6.96. The molecule has 2 unspecified atom stereocenters. The predicted molar refractivity (Wildman–Crippen MR) is 81.9 cm³/mol. The molecule has 0 amide bonds. The molecule has 1 aromatic heterocycles. The monoisotopic (exact) mass is 348 g/mol. The average Bonchev–Trinajstić information content (AvgIpc) is 2.47. The molecule has 124 valence electrons. The molecule has 1 heterocycles. The number of nitriles is 1. The summed E-state index contributed by atoms with van der Waals surface area (Å²) in [5, 5.41) is 11.5. The van der Waals surface area contributed by atoms with Crippen LogP contribution in [0.3, 0.4) is 0 Å². The van der Waals surface area contributed by atoms with Gasteiger partial charge in [0.2, 0.25) is 6.23 Å². The van der Waals surface area contributed by atoms with Gasteiger partial charge in [-0.05, 0) is 6.42 Å². The highest BCUT2D eigenvalue weighted by atomic mass is 35.5. The van der Waals surface area contributed by atoms with Crippen LogP contribution in [0.25, 0.3) is 0 Å². The van der Waals surface area contributed by atoms with E-state index in [0.29, 0.717) is 12.4 Å². The molecule has 0 aromatic carbocycles. The summed E-state index contributed by atoms with van der Waals surface area (Å²) in [7, 11) is 3.22. The maximum Gasteiger partial charge on any atom is 0.276 e. The molecule has 0 bridgehead atoms. The maximum atomic E-state index is 8.73. The van der Waals surface area contributed by atoms with Gasteiger partial charge in [0.1, 0.15) is 5.38 Å². The van der Waals surface area contributed by atoms with Gasteiger partial charge in [0.25, 0.3) is 5.82 Å². The van der Waals surface area contributed by atoms with Crippen molar-refractivity contribution in [2.45, 2.75) is 24.4 Å². The Kier molecular flexibility index (Phi) is 10.7. The fourth-order valence-corrected chi connectivity index (χ4v) is 2.24. The first-order chi connectivity index (χ1) is 10.1. The van der Waals surface area contributed by atoms with Gasteiger partial charge in [-0.2, -0.15) is 5.26 Å². The van der Waals surface area contributed by atoms with Gasteiger partial charge in [0.05, 0.1) is 24.8 Å². The molecular weight excluding hydrogens is 327 g/mol. The average molecular weight is 349 g/mol. The number of nitrogen functional groups attached to an aromatic ring is 1. The van der Waals surface area contributed by atoms with Crippen LogP contribution in [0.5, 0.6) is 0 Å². The number of anilines is 2. The van der Waals surface area contributed by atoms with Crippen LogP contribution in [0.1, 0.15) is 19.1 Å². The van der Waals surface area contributed by atoms with E-state index >= 15 is 0 Å². The van der Waals surface area contributed by atoms with Crippen molar-refractivity contribution in [3.63, 3.8) is 0 Å². The zero-order chi connectivity index (χ0) is 15.7. The number of nitrogens with zero attached hydrogens (tertiary/aromatic N) is 2. The van der Waals surface area contributed by atoms with E-state index in [1.54, 1.807) is 25.0 Å².